The first-order valence-corrected chi connectivity index (χ1v) is 19.6. The summed E-state index contributed by atoms with van der Waals surface area (Å²) in [4.78, 5) is 0. The molecule has 10 aromatic carbocycles. The van der Waals surface area contributed by atoms with Gasteiger partial charge in [0.25, 0.3) is 0 Å². The number of rotatable bonds is 4. The molecule has 53 heavy (non-hydrogen) atoms. The third-order valence-corrected chi connectivity index (χ3v) is 13.1. The Kier molecular flexibility index (Phi) is 5.90. The molecule has 0 amide bonds. The normalized spacial score (nSPS) is 13.1. The van der Waals surface area contributed by atoms with Gasteiger partial charge in [0.05, 0.1) is 0 Å². The van der Waals surface area contributed by atoms with Crippen LogP contribution in [0.3, 0.4) is 0 Å². The Hall–Kier alpha value is -6.24. The Morgan fingerprint density at radius 2 is 0.698 bits per heavy atom. The van der Waals surface area contributed by atoms with Crippen molar-refractivity contribution in [3.8, 4) is 44.5 Å². The molecule has 0 unspecified atom stereocenters. The van der Waals surface area contributed by atoms with E-state index in [0.717, 1.165) is 32.7 Å². The van der Waals surface area contributed by atoms with Crippen molar-refractivity contribution in [3.05, 3.63) is 194 Å². The van der Waals surface area contributed by atoms with Gasteiger partial charge in [-0.2, -0.15) is 0 Å². The quantitative estimate of drug-likeness (QED) is 0.124. The van der Waals surface area contributed by atoms with Crippen molar-refractivity contribution in [1.82, 2.24) is 0 Å². The zero-order valence-corrected chi connectivity index (χ0v) is 30.2. The topological polar surface area (TPSA) is 0 Å². The molecule has 11 rings (SSSR count). The molecule has 1 heteroatoms. The second-order valence-corrected chi connectivity index (χ2v) is 15.8. The first kappa shape index (κ1) is 25.7. The van der Waals surface area contributed by atoms with Crippen LogP contribution in [0.25, 0.3) is 107 Å². The molecule has 0 radical (unpaired) electrons. The predicted octanol–water partition coefficient (Wildman–Crippen LogP) is 14.3. The van der Waals surface area contributed by atoms with Gasteiger partial charge in [0.2, 0.25) is 0 Å². The zero-order chi connectivity index (χ0) is 39.2. The van der Waals surface area contributed by atoms with Crippen LogP contribution in [-0.4, -0.2) is 14.5 Å². The number of fused-ring (bicyclic) bond motifs is 7. The van der Waals surface area contributed by atoms with E-state index in [2.05, 4.69) is 127 Å². The Bertz CT molecular complexity index is 3370. The second kappa shape index (κ2) is 12.2. The van der Waals surface area contributed by atoms with Crippen LogP contribution in [0.2, 0.25) is 0 Å². The molecule has 0 aliphatic carbocycles. The van der Waals surface area contributed by atoms with Crippen LogP contribution in [0.4, 0.5) is 0 Å². The first-order chi connectivity index (χ1) is 28.4. The molecule has 0 saturated heterocycles. The molecule has 0 N–H and O–H groups in total. The molecule has 0 aliphatic rings. The Morgan fingerprint density at radius 1 is 0.283 bits per heavy atom. The van der Waals surface area contributed by atoms with Crippen molar-refractivity contribution in [2.75, 3.05) is 0 Å². The molecule has 0 nitrogen and oxygen atoms in total. The van der Waals surface area contributed by atoms with Crippen molar-refractivity contribution in [2.45, 2.75) is 0 Å². The monoisotopic (exact) mass is 741 g/mol. The van der Waals surface area contributed by atoms with Gasteiger partial charge in [-0.25, -0.2) is 0 Å². The van der Waals surface area contributed by atoms with E-state index in [-0.39, 0.29) is 50.3 Å². The summed E-state index contributed by atoms with van der Waals surface area (Å²) in [6.07, 6.45) is 0. The van der Waals surface area contributed by atoms with E-state index >= 15 is 0 Å². The summed E-state index contributed by atoms with van der Waals surface area (Å²) in [6, 6.07) is 56.9. The second-order valence-electron chi connectivity index (χ2n) is 13.6. The summed E-state index contributed by atoms with van der Waals surface area (Å²) in [5, 5.41) is 11.2. The molecule has 0 fully saturated rings. The molecule has 11 aromatic rings. The van der Waals surface area contributed by atoms with Crippen molar-refractivity contribution in [1.29, 1.82) is 0 Å². The predicted molar refractivity (Wildman–Crippen MR) is 230 cm³/mol. The van der Waals surface area contributed by atoms with Gasteiger partial charge in [-0.15, -0.1) is 0 Å². The van der Waals surface area contributed by atoms with Crippen molar-refractivity contribution < 1.29 is 6.85 Å². The summed E-state index contributed by atoms with van der Waals surface area (Å²) in [5.74, 6) is 0. The van der Waals surface area contributed by atoms with Crippen LogP contribution in [0.1, 0.15) is 6.85 Å². The van der Waals surface area contributed by atoms with E-state index in [1.807, 2.05) is 36.4 Å². The van der Waals surface area contributed by atoms with Gasteiger partial charge in [0.15, 0.2) is 0 Å². The van der Waals surface area contributed by atoms with E-state index in [9.17, 15) is 0 Å². The Labute approximate surface area is 321 Å². The van der Waals surface area contributed by atoms with Gasteiger partial charge in [-0.1, -0.05) is 0 Å². The van der Waals surface area contributed by atoms with Gasteiger partial charge in [0.1, 0.15) is 0 Å². The summed E-state index contributed by atoms with van der Waals surface area (Å²) in [6.45, 7) is 0. The standard InChI is InChI=1S/C52H32Se/c1-3-15-33(16-4-1)49-38-19-7-11-23-42(38)51(43-24-12-8-20-39(43)49)35-28-30-47-46(31-35)37-29-27-36(32-48(37)53-47)52-44-25-13-9-21-40(44)50(34-17-5-2-6-18-34)41-22-10-14-26-45(41)52/h1-32H/i2D,5D,6D,17D,18D. The molecule has 0 spiro atoms. The van der Waals surface area contributed by atoms with Gasteiger partial charge in [-0.3, -0.25) is 0 Å². The van der Waals surface area contributed by atoms with Gasteiger partial charge in [0, 0.05) is 0 Å². The fraction of sp³-hybridized carbons (Fsp3) is 0. The molecule has 246 valence electrons. The van der Waals surface area contributed by atoms with E-state index < -0.39 is 0 Å². The molecule has 0 atom stereocenters. The van der Waals surface area contributed by atoms with E-state index in [1.54, 1.807) is 0 Å². The summed E-state index contributed by atoms with van der Waals surface area (Å²) in [5.41, 5.74) is 8.00. The third-order valence-electron chi connectivity index (χ3n) is 10.7. The third kappa shape index (κ3) is 4.75. The number of hydrogen-bond acceptors (Lipinski definition) is 0. The van der Waals surface area contributed by atoms with Gasteiger partial charge >= 0.3 is 322 Å². The summed E-state index contributed by atoms with van der Waals surface area (Å²) in [7, 11) is 0. The molecule has 0 saturated carbocycles. The molecule has 1 aromatic heterocycles. The first-order valence-electron chi connectivity index (χ1n) is 20.4. The SMILES string of the molecule is [2H]c1c([2H])c([2H])c(-c2c3ccccc3c(-c3ccc4c(c3)[se]c3ccc(-c5c6ccccc6c(-c6ccccc6)c6ccccc56)cc34)c3ccccc23)c([2H])c1[2H]. The summed E-state index contributed by atoms with van der Waals surface area (Å²) >= 11 is 0.0966. The minimum atomic E-state index is -0.389. The van der Waals surface area contributed by atoms with Crippen molar-refractivity contribution in [2.24, 2.45) is 0 Å². The molecule has 0 bridgehead atoms. The van der Waals surface area contributed by atoms with E-state index in [0.29, 0.717) is 5.56 Å². The van der Waals surface area contributed by atoms with Crippen LogP contribution >= 0.6 is 0 Å². The van der Waals surface area contributed by atoms with Crippen molar-refractivity contribution >= 4 is 76.9 Å². The van der Waals surface area contributed by atoms with Crippen molar-refractivity contribution in [3.63, 3.8) is 0 Å². The van der Waals surface area contributed by atoms with Gasteiger partial charge in [-0.05, 0) is 0 Å². The van der Waals surface area contributed by atoms with Crippen LogP contribution in [0.15, 0.2) is 194 Å². The Morgan fingerprint density at radius 3 is 1.21 bits per heavy atom. The van der Waals surface area contributed by atoms with Crippen LogP contribution < -0.4 is 0 Å². The van der Waals surface area contributed by atoms with Gasteiger partial charge < -0.3 is 0 Å². The van der Waals surface area contributed by atoms with Crippen LogP contribution in [0.5, 0.6) is 0 Å². The van der Waals surface area contributed by atoms with Crippen LogP contribution in [0, 0.1) is 0 Å². The number of benzene rings is 10. The number of hydrogen-bond donors (Lipinski definition) is 0. The maximum absolute atomic E-state index is 8.91. The average Bonchev–Trinajstić information content (AvgIpc) is 3.64. The fourth-order valence-electron chi connectivity index (χ4n) is 8.53. The molecular formula is C52H32Se. The molecule has 1 heterocycles. The maximum atomic E-state index is 8.91. The fourth-order valence-corrected chi connectivity index (χ4v) is 10.9. The summed E-state index contributed by atoms with van der Waals surface area (Å²) < 4.78 is 45.7. The zero-order valence-electron chi connectivity index (χ0n) is 33.5. The average molecular weight is 741 g/mol. The molecular weight excluding hydrogens is 704 g/mol. The van der Waals surface area contributed by atoms with E-state index in [4.69, 9.17) is 6.85 Å². The van der Waals surface area contributed by atoms with Crippen LogP contribution in [-0.2, 0) is 0 Å². The van der Waals surface area contributed by atoms with E-state index in [1.165, 1.54) is 63.1 Å². The molecule has 0 aliphatic heterocycles. The minimum absolute atomic E-state index is 0.0966. The Balaban J connectivity index is 1.13.